The van der Waals surface area contributed by atoms with Crippen molar-refractivity contribution in [3.8, 4) is 11.4 Å². The molecule has 5 rings (SSSR count). The number of likely N-dealkylation sites (N-methyl/N-ethyl adjacent to an activating group) is 1. The third-order valence-corrected chi connectivity index (χ3v) is 7.97. The number of hydrogen-bond donors (Lipinski definition) is 0. The molecular formula is C25H24N4O4S. The van der Waals surface area contributed by atoms with E-state index in [1.54, 1.807) is 25.2 Å². The zero-order chi connectivity index (χ0) is 23.7. The number of hydrogen-bond acceptors (Lipinski definition) is 6. The summed E-state index contributed by atoms with van der Waals surface area (Å²) in [5.74, 6) is 0.441. The van der Waals surface area contributed by atoms with E-state index in [0.717, 1.165) is 16.3 Å². The summed E-state index contributed by atoms with van der Waals surface area (Å²) in [6.07, 6.45) is 1.09. The summed E-state index contributed by atoms with van der Waals surface area (Å²) < 4.78 is 33.5. The van der Waals surface area contributed by atoms with Crippen molar-refractivity contribution in [3.05, 3.63) is 78.7 Å². The van der Waals surface area contributed by atoms with Crippen LogP contribution in [0.5, 0.6) is 0 Å². The van der Waals surface area contributed by atoms with Crippen LogP contribution in [-0.4, -0.2) is 53.3 Å². The van der Waals surface area contributed by atoms with E-state index in [2.05, 4.69) is 10.1 Å². The second-order valence-corrected chi connectivity index (χ2v) is 10.2. The van der Waals surface area contributed by atoms with Gasteiger partial charge in [-0.15, -0.1) is 0 Å². The highest BCUT2D eigenvalue weighted by atomic mass is 32.2. The predicted molar refractivity (Wildman–Crippen MR) is 127 cm³/mol. The summed E-state index contributed by atoms with van der Waals surface area (Å²) in [7, 11) is -2.21. The summed E-state index contributed by atoms with van der Waals surface area (Å²) in [6, 6.07) is 21.3. The summed E-state index contributed by atoms with van der Waals surface area (Å²) in [6.45, 7) is 0.400. The fourth-order valence-electron chi connectivity index (χ4n) is 4.30. The van der Waals surface area contributed by atoms with Gasteiger partial charge in [-0.1, -0.05) is 65.8 Å². The number of fused-ring (bicyclic) bond motifs is 1. The second kappa shape index (κ2) is 9.00. The Kier molecular flexibility index (Phi) is 5.89. The number of carbonyl (C=O) groups excluding carboxylic acids is 1. The Hall–Kier alpha value is -3.56. The van der Waals surface area contributed by atoms with Crippen LogP contribution in [0.2, 0.25) is 0 Å². The van der Waals surface area contributed by atoms with Gasteiger partial charge < -0.3 is 9.42 Å². The molecule has 34 heavy (non-hydrogen) atoms. The largest absolute Gasteiger partial charge is 0.337 e. The molecule has 1 fully saturated rings. The van der Waals surface area contributed by atoms with E-state index in [-0.39, 0.29) is 23.2 Å². The molecule has 0 spiro atoms. The molecule has 3 aromatic carbocycles. The summed E-state index contributed by atoms with van der Waals surface area (Å²) >= 11 is 0. The maximum atomic E-state index is 13.4. The van der Waals surface area contributed by atoms with Crippen LogP contribution >= 0.6 is 0 Å². The molecule has 1 atom stereocenters. The molecule has 1 aromatic heterocycles. The van der Waals surface area contributed by atoms with Gasteiger partial charge in [-0.05, 0) is 35.7 Å². The Bertz CT molecular complexity index is 1440. The lowest BCUT2D eigenvalue weighted by atomic mass is 10.1. The van der Waals surface area contributed by atoms with E-state index in [9.17, 15) is 13.2 Å². The average Bonchev–Trinajstić information content (AvgIpc) is 3.54. The van der Waals surface area contributed by atoms with E-state index >= 15 is 0 Å². The molecular weight excluding hydrogens is 452 g/mol. The fourth-order valence-corrected chi connectivity index (χ4v) is 5.98. The molecule has 0 aliphatic carbocycles. The maximum Gasteiger partial charge on any atom is 0.246 e. The molecule has 1 amide bonds. The maximum absolute atomic E-state index is 13.4. The van der Waals surface area contributed by atoms with Crippen molar-refractivity contribution in [2.75, 3.05) is 13.6 Å². The molecule has 4 aromatic rings. The quantitative estimate of drug-likeness (QED) is 0.421. The van der Waals surface area contributed by atoms with Crippen LogP contribution in [0.4, 0.5) is 0 Å². The summed E-state index contributed by atoms with van der Waals surface area (Å²) in [5, 5.41) is 5.79. The number of amides is 1. The van der Waals surface area contributed by atoms with Gasteiger partial charge in [0, 0.05) is 19.2 Å². The average molecular weight is 477 g/mol. The van der Waals surface area contributed by atoms with Crippen LogP contribution < -0.4 is 0 Å². The van der Waals surface area contributed by atoms with Crippen molar-refractivity contribution in [3.63, 3.8) is 0 Å². The number of sulfonamides is 1. The lowest BCUT2D eigenvalue weighted by Crippen LogP contribution is -2.46. The van der Waals surface area contributed by atoms with Crippen LogP contribution in [0.3, 0.4) is 0 Å². The van der Waals surface area contributed by atoms with Crippen molar-refractivity contribution in [2.45, 2.75) is 30.3 Å². The zero-order valence-electron chi connectivity index (χ0n) is 18.7. The van der Waals surface area contributed by atoms with Gasteiger partial charge in [0.1, 0.15) is 6.04 Å². The first-order valence-corrected chi connectivity index (χ1v) is 12.5. The summed E-state index contributed by atoms with van der Waals surface area (Å²) in [4.78, 5) is 19.3. The van der Waals surface area contributed by atoms with Crippen LogP contribution in [0.1, 0.15) is 18.7 Å². The van der Waals surface area contributed by atoms with Crippen molar-refractivity contribution in [1.29, 1.82) is 0 Å². The lowest BCUT2D eigenvalue weighted by molar-refractivity contribution is -0.134. The molecule has 0 radical (unpaired) electrons. The molecule has 0 saturated carbocycles. The van der Waals surface area contributed by atoms with Crippen LogP contribution in [0, 0.1) is 0 Å². The molecule has 1 unspecified atom stereocenters. The normalized spacial score (nSPS) is 16.7. The molecule has 1 aliphatic rings. The highest BCUT2D eigenvalue weighted by Crippen LogP contribution is 2.29. The second-order valence-electron chi connectivity index (χ2n) is 8.35. The Balaban J connectivity index is 1.33. The molecule has 0 N–H and O–H groups in total. The monoisotopic (exact) mass is 476 g/mol. The number of benzene rings is 3. The molecule has 0 bridgehead atoms. The lowest BCUT2D eigenvalue weighted by Gasteiger charge is -2.27. The molecule has 9 heteroatoms. The molecule has 174 valence electrons. The highest BCUT2D eigenvalue weighted by molar-refractivity contribution is 7.89. The van der Waals surface area contributed by atoms with Crippen LogP contribution in [0.15, 0.2) is 82.2 Å². The predicted octanol–water partition coefficient (Wildman–Crippen LogP) is 3.70. The van der Waals surface area contributed by atoms with E-state index in [0.29, 0.717) is 25.2 Å². The molecule has 1 saturated heterocycles. The third kappa shape index (κ3) is 4.20. The molecule has 2 heterocycles. The van der Waals surface area contributed by atoms with Gasteiger partial charge in [0.25, 0.3) is 0 Å². The van der Waals surface area contributed by atoms with Gasteiger partial charge in [-0.3, -0.25) is 4.79 Å². The van der Waals surface area contributed by atoms with Crippen molar-refractivity contribution < 1.29 is 17.7 Å². The highest BCUT2D eigenvalue weighted by Gasteiger charge is 2.40. The molecule has 8 nitrogen and oxygen atoms in total. The first kappa shape index (κ1) is 22.2. The van der Waals surface area contributed by atoms with E-state index in [4.69, 9.17) is 4.52 Å². The zero-order valence-corrected chi connectivity index (χ0v) is 19.5. The smallest absolute Gasteiger partial charge is 0.246 e. The molecule has 1 aliphatic heterocycles. The fraction of sp³-hybridized carbons (Fsp3) is 0.240. The topological polar surface area (TPSA) is 96.6 Å². The van der Waals surface area contributed by atoms with E-state index in [1.165, 1.54) is 9.21 Å². The van der Waals surface area contributed by atoms with Crippen molar-refractivity contribution in [1.82, 2.24) is 19.3 Å². The van der Waals surface area contributed by atoms with Gasteiger partial charge in [0.2, 0.25) is 27.6 Å². The number of aromatic nitrogens is 2. The SMILES string of the molecule is CN(Cc1nc(-c2ccccc2)no1)C(=O)C1CCCN1S(=O)(=O)c1ccc2ccccc2c1. The van der Waals surface area contributed by atoms with Gasteiger partial charge >= 0.3 is 0 Å². The minimum absolute atomic E-state index is 0.0963. The van der Waals surface area contributed by atoms with E-state index < -0.39 is 16.1 Å². The van der Waals surface area contributed by atoms with Crippen molar-refractivity contribution >= 4 is 26.7 Å². The standard InChI is InChI=1S/C25H24N4O4S/c1-28(17-23-26-24(27-33-23)19-9-3-2-4-10-19)25(30)22-12-7-15-29(22)34(31,32)21-14-13-18-8-5-6-11-20(18)16-21/h2-6,8-11,13-14,16,22H,7,12,15,17H2,1H3. The van der Waals surface area contributed by atoms with E-state index in [1.807, 2.05) is 54.6 Å². The third-order valence-electron chi connectivity index (χ3n) is 6.06. The summed E-state index contributed by atoms with van der Waals surface area (Å²) in [5.41, 5.74) is 0.815. The Morgan fingerprint density at radius 3 is 2.59 bits per heavy atom. The minimum atomic E-state index is -3.83. The number of nitrogens with zero attached hydrogens (tertiary/aromatic N) is 4. The Labute approximate surface area is 197 Å². The van der Waals surface area contributed by atoms with Crippen molar-refractivity contribution in [2.24, 2.45) is 0 Å². The van der Waals surface area contributed by atoms with Gasteiger partial charge in [-0.25, -0.2) is 8.42 Å². The first-order chi connectivity index (χ1) is 16.4. The minimum Gasteiger partial charge on any atom is -0.337 e. The Morgan fingerprint density at radius 1 is 1.06 bits per heavy atom. The Morgan fingerprint density at radius 2 is 1.79 bits per heavy atom. The van der Waals surface area contributed by atoms with Gasteiger partial charge in [0.05, 0.1) is 11.4 Å². The first-order valence-electron chi connectivity index (χ1n) is 11.1. The van der Waals surface area contributed by atoms with Crippen LogP contribution in [-0.2, 0) is 21.4 Å². The number of rotatable bonds is 6. The van der Waals surface area contributed by atoms with Gasteiger partial charge in [0.15, 0.2) is 0 Å². The van der Waals surface area contributed by atoms with Crippen LogP contribution in [0.25, 0.3) is 22.2 Å². The number of carbonyl (C=O) groups is 1. The van der Waals surface area contributed by atoms with Gasteiger partial charge in [-0.2, -0.15) is 9.29 Å².